The van der Waals surface area contributed by atoms with Crippen molar-refractivity contribution >= 4 is 0 Å². The average Bonchev–Trinajstić information content (AvgIpc) is 3.00. The van der Waals surface area contributed by atoms with E-state index in [-0.39, 0.29) is 57.2 Å². The average molecular weight is 459 g/mol. The van der Waals surface area contributed by atoms with Crippen molar-refractivity contribution in [2.45, 2.75) is 119 Å². The summed E-state index contributed by atoms with van der Waals surface area (Å²) in [6, 6.07) is 0. The Hall–Kier alpha value is -0.380. The van der Waals surface area contributed by atoms with E-state index in [0.717, 1.165) is 44.9 Å². The molecule has 11 atom stereocenters. The first kappa shape index (κ1) is 24.3. The number of fused-ring (bicyclic) bond motifs is 7. The monoisotopic (exact) mass is 458 g/mol. The normalized spacial score (nSPS) is 57.6. The van der Waals surface area contributed by atoms with Crippen LogP contribution in [0.15, 0.2) is 11.6 Å². The molecular formula is C30H50O3. The Kier molecular flexibility index (Phi) is 5.23. The van der Waals surface area contributed by atoms with Gasteiger partial charge < -0.3 is 15.3 Å². The van der Waals surface area contributed by atoms with Crippen molar-refractivity contribution in [3.63, 3.8) is 0 Å². The van der Waals surface area contributed by atoms with Crippen LogP contribution in [0.4, 0.5) is 0 Å². The summed E-state index contributed by atoms with van der Waals surface area (Å²) in [6.45, 7) is 19.0. The van der Waals surface area contributed by atoms with Crippen molar-refractivity contribution in [3.05, 3.63) is 11.6 Å². The van der Waals surface area contributed by atoms with Gasteiger partial charge >= 0.3 is 0 Å². The number of hydrogen-bond acceptors (Lipinski definition) is 3. The highest BCUT2D eigenvalue weighted by Crippen LogP contribution is 2.76. The molecule has 0 aromatic heterocycles. The molecule has 0 amide bonds. The van der Waals surface area contributed by atoms with Crippen LogP contribution in [-0.2, 0) is 0 Å². The van der Waals surface area contributed by atoms with E-state index in [1.165, 1.54) is 5.57 Å². The molecule has 5 rings (SSSR count). The molecule has 0 aromatic carbocycles. The van der Waals surface area contributed by atoms with E-state index in [1.807, 2.05) is 0 Å². The smallest absolute Gasteiger partial charge is 0.0614 e. The van der Waals surface area contributed by atoms with Gasteiger partial charge in [0.1, 0.15) is 0 Å². The van der Waals surface area contributed by atoms with Gasteiger partial charge in [-0.15, -0.1) is 0 Å². The van der Waals surface area contributed by atoms with Crippen LogP contribution < -0.4 is 0 Å². The minimum atomic E-state index is -0.368. The van der Waals surface area contributed by atoms with Gasteiger partial charge in [0, 0.05) is 5.92 Å². The second kappa shape index (κ2) is 7.10. The Balaban J connectivity index is 1.61. The van der Waals surface area contributed by atoms with Crippen LogP contribution in [0.5, 0.6) is 0 Å². The minimum absolute atomic E-state index is 0.00883. The fourth-order valence-corrected chi connectivity index (χ4v) is 11.2. The predicted molar refractivity (Wildman–Crippen MR) is 133 cm³/mol. The molecule has 0 unspecified atom stereocenters. The van der Waals surface area contributed by atoms with Gasteiger partial charge in [-0.05, 0) is 95.7 Å². The molecule has 0 radical (unpaired) electrons. The lowest BCUT2D eigenvalue weighted by Crippen LogP contribution is -2.66. The van der Waals surface area contributed by atoms with Gasteiger partial charge in [-0.1, -0.05) is 67.0 Å². The molecular weight excluding hydrogens is 408 g/mol. The number of aliphatic hydroxyl groups is 3. The van der Waals surface area contributed by atoms with E-state index >= 15 is 0 Å². The number of rotatable bonds is 1. The fourth-order valence-electron chi connectivity index (χ4n) is 11.2. The second-order valence-electron chi connectivity index (χ2n) is 15.0. The molecule has 0 spiro atoms. The summed E-state index contributed by atoms with van der Waals surface area (Å²) >= 11 is 0. The van der Waals surface area contributed by atoms with E-state index < -0.39 is 0 Å². The van der Waals surface area contributed by atoms with Crippen molar-refractivity contribution < 1.29 is 15.3 Å². The van der Waals surface area contributed by atoms with Gasteiger partial charge in [0.15, 0.2) is 0 Å². The van der Waals surface area contributed by atoms with Crippen LogP contribution in [0.2, 0.25) is 0 Å². The number of allylic oxidation sites excluding steroid dienone is 1. The van der Waals surface area contributed by atoms with Crippen LogP contribution >= 0.6 is 0 Å². The van der Waals surface area contributed by atoms with Gasteiger partial charge in [-0.3, -0.25) is 0 Å². The van der Waals surface area contributed by atoms with Gasteiger partial charge in [0.25, 0.3) is 0 Å². The third kappa shape index (κ3) is 2.80. The highest BCUT2D eigenvalue weighted by Gasteiger charge is 2.71. The summed E-state index contributed by atoms with van der Waals surface area (Å²) in [5.41, 5.74) is 1.51. The standard InChI is InChI=1S/C30H50O3/c1-17(2)19-15-21(32)25-28(19,6)13-14-29(7)24-18(9-12-30(25,29)8)27(5)11-10-23(33)26(3,4)22(27)16-20(24)31/h9,17,19-25,31-33H,10-16H2,1-8H3/t19-,20-,21-,22+,23-,24-,25-,27-,28+,29+,30-/m1/s1. The van der Waals surface area contributed by atoms with Gasteiger partial charge in [-0.2, -0.15) is 0 Å². The molecule has 4 fully saturated rings. The lowest BCUT2D eigenvalue weighted by atomic mass is 9.35. The lowest BCUT2D eigenvalue weighted by Gasteiger charge is -2.70. The Morgan fingerprint density at radius 3 is 2.15 bits per heavy atom. The maximum atomic E-state index is 11.8. The lowest BCUT2D eigenvalue weighted by molar-refractivity contribution is -0.202. The largest absolute Gasteiger partial charge is 0.393 e. The summed E-state index contributed by atoms with van der Waals surface area (Å²) in [4.78, 5) is 0. The molecule has 0 heterocycles. The van der Waals surface area contributed by atoms with Gasteiger partial charge in [0.05, 0.1) is 18.3 Å². The third-order valence-corrected chi connectivity index (χ3v) is 13.2. The van der Waals surface area contributed by atoms with Crippen LogP contribution in [0.1, 0.15) is 100 Å². The topological polar surface area (TPSA) is 60.7 Å². The van der Waals surface area contributed by atoms with E-state index in [4.69, 9.17) is 0 Å². The maximum Gasteiger partial charge on any atom is 0.0614 e. The minimum Gasteiger partial charge on any atom is -0.393 e. The molecule has 5 aliphatic rings. The summed E-state index contributed by atoms with van der Waals surface area (Å²) in [7, 11) is 0. The van der Waals surface area contributed by atoms with Crippen molar-refractivity contribution in [2.75, 3.05) is 0 Å². The highest BCUT2D eigenvalue weighted by atomic mass is 16.3. The first-order valence-electron chi connectivity index (χ1n) is 13.9. The quantitative estimate of drug-likeness (QED) is 0.425. The zero-order chi connectivity index (χ0) is 24.4. The molecule has 0 aromatic rings. The summed E-state index contributed by atoms with van der Waals surface area (Å²) in [5, 5.41) is 34.2. The van der Waals surface area contributed by atoms with Crippen LogP contribution in [0.25, 0.3) is 0 Å². The highest BCUT2D eigenvalue weighted by molar-refractivity contribution is 5.35. The molecule has 33 heavy (non-hydrogen) atoms. The summed E-state index contributed by atoms with van der Waals surface area (Å²) in [5.74, 6) is 1.92. The van der Waals surface area contributed by atoms with Crippen molar-refractivity contribution in [1.82, 2.24) is 0 Å². The Morgan fingerprint density at radius 2 is 1.52 bits per heavy atom. The molecule has 188 valence electrons. The van der Waals surface area contributed by atoms with Gasteiger partial charge in [-0.25, -0.2) is 0 Å². The van der Waals surface area contributed by atoms with Crippen LogP contribution in [0.3, 0.4) is 0 Å². The molecule has 0 aliphatic heterocycles. The Morgan fingerprint density at radius 1 is 0.848 bits per heavy atom. The molecule has 0 saturated heterocycles. The molecule has 3 N–H and O–H groups in total. The van der Waals surface area contributed by atoms with E-state index in [1.54, 1.807) is 0 Å². The molecule has 5 aliphatic carbocycles. The van der Waals surface area contributed by atoms with E-state index in [0.29, 0.717) is 17.8 Å². The molecule has 3 nitrogen and oxygen atoms in total. The number of hydrogen-bond donors (Lipinski definition) is 3. The van der Waals surface area contributed by atoms with Crippen molar-refractivity contribution in [2.24, 2.45) is 56.7 Å². The van der Waals surface area contributed by atoms with Crippen LogP contribution in [0, 0.1) is 56.7 Å². The summed E-state index contributed by atoms with van der Waals surface area (Å²) in [6.07, 6.45) is 8.51. The van der Waals surface area contributed by atoms with E-state index in [9.17, 15) is 15.3 Å². The first-order chi connectivity index (χ1) is 15.1. The number of aliphatic hydroxyl groups excluding tert-OH is 3. The molecule has 0 bridgehead atoms. The maximum absolute atomic E-state index is 11.8. The zero-order valence-electron chi connectivity index (χ0n) is 22.5. The van der Waals surface area contributed by atoms with Gasteiger partial charge in [0.2, 0.25) is 0 Å². The van der Waals surface area contributed by atoms with Crippen molar-refractivity contribution in [1.29, 1.82) is 0 Å². The van der Waals surface area contributed by atoms with Crippen molar-refractivity contribution in [3.8, 4) is 0 Å². The second-order valence-corrected chi connectivity index (χ2v) is 15.0. The van der Waals surface area contributed by atoms with E-state index in [2.05, 4.69) is 61.5 Å². The molecule has 3 heteroatoms. The summed E-state index contributed by atoms with van der Waals surface area (Å²) < 4.78 is 0. The third-order valence-electron chi connectivity index (χ3n) is 13.2. The fraction of sp³-hybridized carbons (Fsp3) is 0.933. The zero-order valence-corrected chi connectivity index (χ0v) is 22.5. The Labute approximate surface area is 202 Å². The SMILES string of the molecule is CC(C)[C@H]1C[C@@H](O)[C@@H]2[C@@]1(C)CC[C@@]1(C)[C@@H]3C(=CC[C@]21C)[C@@]1(C)CC[C@@H](O)C(C)(C)[C@@H]1C[C@H]3O. The Bertz CT molecular complexity index is 845. The predicted octanol–water partition coefficient (Wildman–Crippen LogP) is 5.97. The molecule has 4 saturated carbocycles. The van der Waals surface area contributed by atoms with Crippen LogP contribution in [-0.4, -0.2) is 33.6 Å². The first-order valence-corrected chi connectivity index (χ1v) is 13.9.